The fraction of sp³-hybridized carbons (Fsp3) is 0.423. The number of quaternary nitrogens is 1. The van der Waals surface area contributed by atoms with Gasteiger partial charge in [-0.1, -0.05) is 12.1 Å². The van der Waals surface area contributed by atoms with Crippen molar-refractivity contribution in [3.8, 4) is 0 Å². The molecule has 0 radical (unpaired) electrons. The fourth-order valence-corrected chi connectivity index (χ4v) is 4.32. The molecule has 0 bridgehead atoms. The summed E-state index contributed by atoms with van der Waals surface area (Å²) in [6.45, 7) is 8.94. The van der Waals surface area contributed by atoms with Gasteiger partial charge in [0.05, 0.1) is 26.0 Å². The van der Waals surface area contributed by atoms with Crippen LogP contribution in [0.25, 0.3) is 5.57 Å². The van der Waals surface area contributed by atoms with Crippen LogP contribution in [0.5, 0.6) is 0 Å². The van der Waals surface area contributed by atoms with Crippen LogP contribution in [0.4, 0.5) is 8.78 Å². The van der Waals surface area contributed by atoms with E-state index in [2.05, 4.69) is 0 Å². The van der Waals surface area contributed by atoms with Crippen molar-refractivity contribution in [2.24, 2.45) is 5.92 Å². The molecule has 0 aromatic heterocycles. The fourth-order valence-electron chi connectivity index (χ4n) is 4.32. The standard InChI is InChI=1S/C26H31F2NO3.ClH/c1-4-32-26(30)20-6-5-11-29(16-20)12-13-31-17-25(23-9-7-21(27)14-18(23)2)24-10-8-22(28)15-19(24)3;/h7-10,14-15,17,20H,4-6,11-13,16H2,1-3H3;1H/t20-;/m1./s1. The molecule has 1 N–H and O–H groups in total. The number of aryl methyl sites for hydroxylation is 2. The topological polar surface area (TPSA) is 40.0 Å². The molecule has 1 fully saturated rings. The Morgan fingerprint density at radius 2 is 1.70 bits per heavy atom. The summed E-state index contributed by atoms with van der Waals surface area (Å²) in [6.07, 6.45) is 3.55. The van der Waals surface area contributed by atoms with E-state index in [0.717, 1.165) is 60.3 Å². The second-order valence-electron chi connectivity index (χ2n) is 8.37. The molecule has 0 spiro atoms. The number of hydrogen-bond donors (Lipinski definition) is 1. The number of rotatable bonds is 8. The minimum absolute atomic E-state index is 0. The van der Waals surface area contributed by atoms with E-state index in [1.165, 1.54) is 29.2 Å². The first kappa shape index (κ1) is 26.8. The van der Waals surface area contributed by atoms with Crippen molar-refractivity contribution < 1.29 is 40.4 Å². The Labute approximate surface area is 201 Å². The maximum absolute atomic E-state index is 13.7. The molecule has 180 valence electrons. The quantitative estimate of drug-likeness (QED) is 0.347. The number of hydrogen-bond acceptors (Lipinski definition) is 3. The Morgan fingerprint density at radius 3 is 2.24 bits per heavy atom. The Bertz CT molecular complexity index is 927. The smallest absolute Gasteiger partial charge is 0.314 e. The van der Waals surface area contributed by atoms with Gasteiger partial charge in [0.2, 0.25) is 0 Å². The third-order valence-electron chi connectivity index (χ3n) is 5.97. The Kier molecular flexibility index (Phi) is 10.3. The number of esters is 1. The summed E-state index contributed by atoms with van der Waals surface area (Å²) < 4.78 is 38.4. The normalized spacial score (nSPS) is 17.6. The van der Waals surface area contributed by atoms with Crippen molar-refractivity contribution in [1.82, 2.24) is 0 Å². The molecule has 0 saturated carbocycles. The molecule has 2 aromatic carbocycles. The monoisotopic (exact) mass is 479 g/mol. The van der Waals surface area contributed by atoms with Crippen LogP contribution in [-0.2, 0) is 14.3 Å². The predicted octanol–water partition coefficient (Wildman–Crippen LogP) is 0.849. The molecule has 0 aliphatic carbocycles. The van der Waals surface area contributed by atoms with Gasteiger partial charge in [-0.25, -0.2) is 8.78 Å². The average Bonchev–Trinajstić information content (AvgIpc) is 2.75. The van der Waals surface area contributed by atoms with Crippen molar-refractivity contribution in [1.29, 1.82) is 0 Å². The van der Waals surface area contributed by atoms with Crippen molar-refractivity contribution in [2.75, 3.05) is 32.8 Å². The summed E-state index contributed by atoms with van der Waals surface area (Å²) in [6, 6.07) is 9.25. The molecule has 1 aliphatic heterocycles. The highest BCUT2D eigenvalue weighted by Crippen LogP contribution is 2.29. The van der Waals surface area contributed by atoms with Crippen LogP contribution in [0.15, 0.2) is 42.7 Å². The van der Waals surface area contributed by atoms with Gasteiger partial charge < -0.3 is 26.8 Å². The van der Waals surface area contributed by atoms with Gasteiger partial charge in [0, 0.05) is 5.57 Å². The predicted molar refractivity (Wildman–Crippen MR) is 120 cm³/mol. The van der Waals surface area contributed by atoms with Crippen LogP contribution in [-0.4, -0.2) is 38.8 Å². The molecule has 4 nitrogen and oxygen atoms in total. The average molecular weight is 480 g/mol. The first-order valence-corrected chi connectivity index (χ1v) is 11.2. The Balaban J connectivity index is 0.00000385. The van der Waals surface area contributed by atoms with Gasteiger partial charge in [0.1, 0.15) is 30.7 Å². The van der Waals surface area contributed by atoms with E-state index in [-0.39, 0.29) is 35.9 Å². The van der Waals surface area contributed by atoms with E-state index < -0.39 is 0 Å². The highest BCUT2D eigenvalue weighted by molar-refractivity contribution is 5.82. The lowest BCUT2D eigenvalue weighted by Gasteiger charge is -2.28. The van der Waals surface area contributed by atoms with E-state index in [1.54, 1.807) is 18.4 Å². The Hall–Kier alpha value is -2.44. The van der Waals surface area contributed by atoms with Crippen LogP contribution in [0, 0.1) is 31.4 Å². The number of benzene rings is 2. The molecule has 1 heterocycles. The lowest BCUT2D eigenvalue weighted by atomic mass is 9.92. The van der Waals surface area contributed by atoms with E-state index in [9.17, 15) is 13.6 Å². The summed E-state index contributed by atoms with van der Waals surface area (Å²) in [5, 5.41) is 0. The van der Waals surface area contributed by atoms with Gasteiger partial charge in [-0.3, -0.25) is 4.79 Å². The molecular formula is C26H32ClF2NO3. The summed E-state index contributed by atoms with van der Waals surface area (Å²) in [7, 11) is 0. The van der Waals surface area contributed by atoms with Crippen molar-refractivity contribution >= 4 is 11.5 Å². The first-order chi connectivity index (χ1) is 15.4. The minimum atomic E-state index is -0.299. The van der Waals surface area contributed by atoms with Crippen LogP contribution in [0.1, 0.15) is 42.0 Å². The van der Waals surface area contributed by atoms with E-state index in [0.29, 0.717) is 13.2 Å². The number of halogens is 3. The Morgan fingerprint density at radius 1 is 1.09 bits per heavy atom. The number of piperidine rings is 1. The van der Waals surface area contributed by atoms with Gasteiger partial charge in [-0.2, -0.15) is 0 Å². The summed E-state index contributed by atoms with van der Waals surface area (Å²) in [5.74, 6) is -0.751. The van der Waals surface area contributed by atoms with Gasteiger partial charge in [-0.05, 0) is 80.1 Å². The third kappa shape index (κ3) is 7.27. The number of likely N-dealkylation sites (tertiary alicyclic amines) is 1. The molecule has 33 heavy (non-hydrogen) atoms. The highest BCUT2D eigenvalue weighted by Gasteiger charge is 2.29. The summed E-state index contributed by atoms with van der Waals surface area (Å²) >= 11 is 0. The van der Waals surface area contributed by atoms with Crippen LogP contribution in [0.2, 0.25) is 0 Å². The van der Waals surface area contributed by atoms with Crippen LogP contribution < -0.4 is 17.3 Å². The van der Waals surface area contributed by atoms with E-state index in [1.807, 2.05) is 20.8 Å². The van der Waals surface area contributed by atoms with Gasteiger partial charge in [-0.15, -0.1) is 0 Å². The van der Waals surface area contributed by atoms with E-state index >= 15 is 0 Å². The molecule has 3 rings (SSSR count). The summed E-state index contributed by atoms with van der Waals surface area (Å²) in [5.41, 5.74) is 4.03. The first-order valence-electron chi connectivity index (χ1n) is 11.2. The molecule has 1 aliphatic rings. The molecule has 2 aromatic rings. The molecule has 1 unspecified atom stereocenters. The van der Waals surface area contributed by atoms with Gasteiger partial charge in [0.15, 0.2) is 0 Å². The largest absolute Gasteiger partial charge is 1.00 e. The van der Waals surface area contributed by atoms with E-state index in [4.69, 9.17) is 9.47 Å². The molecule has 1 saturated heterocycles. The lowest BCUT2D eigenvalue weighted by Crippen LogP contribution is -3.14. The molecule has 2 atom stereocenters. The summed E-state index contributed by atoms with van der Waals surface area (Å²) in [4.78, 5) is 13.4. The zero-order valence-electron chi connectivity index (χ0n) is 19.4. The van der Waals surface area contributed by atoms with Crippen LogP contribution >= 0.6 is 0 Å². The van der Waals surface area contributed by atoms with Gasteiger partial charge in [0.25, 0.3) is 0 Å². The van der Waals surface area contributed by atoms with Crippen LogP contribution in [0.3, 0.4) is 0 Å². The molecular weight excluding hydrogens is 448 g/mol. The van der Waals surface area contributed by atoms with Gasteiger partial charge >= 0.3 is 5.97 Å². The second kappa shape index (κ2) is 12.7. The second-order valence-corrected chi connectivity index (χ2v) is 8.37. The maximum Gasteiger partial charge on any atom is 0.314 e. The zero-order valence-corrected chi connectivity index (χ0v) is 20.2. The third-order valence-corrected chi connectivity index (χ3v) is 5.97. The van der Waals surface area contributed by atoms with Crippen molar-refractivity contribution in [3.05, 3.63) is 76.5 Å². The molecule has 0 amide bonds. The zero-order chi connectivity index (χ0) is 23.1. The minimum Gasteiger partial charge on any atom is -1.00 e. The molecule has 7 heteroatoms. The number of carbonyl (C=O) groups is 1. The lowest BCUT2D eigenvalue weighted by molar-refractivity contribution is -0.907. The SMILES string of the molecule is CCOC(=O)[C@@H]1CCC[NH+](CCOC=C(c2ccc(F)cc2C)c2ccc(F)cc2C)C1.[Cl-]. The number of carbonyl (C=O) groups excluding carboxylic acids is 1. The number of ether oxygens (including phenoxy) is 2. The van der Waals surface area contributed by atoms with Crippen molar-refractivity contribution in [3.63, 3.8) is 0 Å². The highest BCUT2D eigenvalue weighted by atomic mass is 35.5. The maximum atomic E-state index is 13.7. The van der Waals surface area contributed by atoms with Crippen molar-refractivity contribution in [2.45, 2.75) is 33.6 Å². The number of nitrogens with one attached hydrogen (secondary N) is 1.